The van der Waals surface area contributed by atoms with E-state index in [0.29, 0.717) is 5.96 Å². The molecule has 0 aromatic heterocycles. The molecule has 110 valence electrons. The second kappa shape index (κ2) is 6.85. The molecule has 1 saturated heterocycles. The van der Waals surface area contributed by atoms with Crippen molar-refractivity contribution in [1.82, 2.24) is 4.90 Å². The monoisotopic (exact) mass is 299 g/mol. The second-order valence-corrected chi connectivity index (χ2v) is 6.45. The minimum atomic E-state index is 0.704. The van der Waals surface area contributed by atoms with Crippen LogP contribution in [0.1, 0.15) is 5.56 Å². The molecule has 0 amide bonds. The molecule has 0 atom stereocenters. The van der Waals surface area contributed by atoms with Crippen LogP contribution in [0.25, 0.3) is 10.8 Å². The van der Waals surface area contributed by atoms with Crippen LogP contribution in [-0.4, -0.2) is 42.0 Å². The molecular formula is C17H21N3S. The van der Waals surface area contributed by atoms with Crippen molar-refractivity contribution in [2.45, 2.75) is 6.42 Å². The van der Waals surface area contributed by atoms with E-state index in [4.69, 9.17) is 5.73 Å². The number of thioether (sulfide) groups is 1. The van der Waals surface area contributed by atoms with Gasteiger partial charge >= 0.3 is 0 Å². The lowest BCUT2D eigenvalue weighted by atomic mass is 10.0. The van der Waals surface area contributed by atoms with E-state index in [9.17, 15) is 0 Å². The SMILES string of the molecule is NC(=NCCc1cccc2ccccc12)N1CCSCC1. The first kappa shape index (κ1) is 14.3. The van der Waals surface area contributed by atoms with Crippen molar-refractivity contribution < 1.29 is 0 Å². The van der Waals surface area contributed by atoms with Crippen LogP contribution in [0.15, 0.2) is 47.5 Å². The Morgan fingerprint density at radius 2 is 1.86 bits per heavy atom. The van der Waals surface area contributed by atoms with Crippen LogP contribution in [0.2, 0.25) is 0 Å². The van der Waals surface area contributed by atoms with E-state index in [-0.39, 0.29) is 0 Å². The fourth-order valence-electron chi connectivity index (χ4n) is 2.69. The lowest BCUT2D eigenvalue weighted by Gasteiger charge is -2.27. The number of guanidine groups is 1. The summed E-state index contributed by atoms with van der Waals surface area (Å²) in [6.07, 6.45) is 0.935. The van der Waals surface area contributed by atoms with Gasteiger partial charge in [0.25, 0.3) is 0 Å². The maximum atomic E-state index is 6.09. The van der Waals surface area contributed by atoms with E-state index in [1.165, 1.54) is 16.3 Å². The number of rotatable bonds is 3. The van der Waals surface area contributed by atoms with Crippen molar-refractivity contribution in [2.24, 2.45) is 10.7 Å². The highest BCUT2D eigenvalue weighted by molar-refractivity contribution is 7.99. The van der Waals surface area contributed by atoms with Crippen molar-refractivity contribution in [3.05, 3.63) is 48.0 Å². The average molecular weight is 299 g/mol. The molecule has 21 heavy (non-hydrogen) atoms. The summed E-state index contributed by atoms with van der Waals surface area (Å²) < 4.78 is 0. The first-order valence-electron chi connectivity index (χ1n) is 7.44. The summed E-state index contributed by atoms with van der Waals surface area (Å²) in [4.78, 5) is 6.76. The zero-order valence-electron chi connectivity index (χ0n) is 12.2. The molecule has 0 saturated carbocycles. The Bertz CT molecular complexity index is 627. The predicted molar refractivity (Wildman–Crippen MR) is 93.0 cm³/mol. The third-order valence-corrected chi connectivity index (χ3v) is 4.81. The third kappa shape index (κ3) is 3.50. The smallest absolute Gasteiger partial charge is 0.191 e. The zero-order chi connectivity index (χ0) is 14.5. The van der Waals surface area contributed by atoms with Crippen molar-refractivity contribution in [1.29, 1.82) is 0 Å². The first-order chi connectivity index (χ1) is 10.3. The molecule has 2 aromatic carbocycles. The molecule has 1 fully saturated rings. The number of nitrogens with two attached hydrogens (primary N) is 1. The second-order valence-electron chi connectivity index (χ2n) is 5.23. The van der Waals surface area contributed by atoms with E-state index in [2.05, 4.69) is 52.4 Å². The summed E-state index contributed by atoms with van der Waals surface area (Å²) in [5, 5.41) is 2.61. The summed E-state index contributed by atoms with van der Waals surface area (Å²) in [5.41, 5.74) is 7.44. The molecule has 3 nitrogen and oxygen atoms in total. The summed E-state index contributed by atoms with van der Waals surface area (Å²) >= 11 is 1.99. The molecule has 0 unspecified atom stereocenters. The van der Waals surface area contributed by atoms with Gasteiger partial charge in [0.15, 0.2) is 5.96 Å². The molecule has 4 heteroatoms. The number of aliphatic imine (C=N–C) groups is 1. The van der Waals surface area contributed by atoms with Gasteiger partial charge in [0.1, 0.15) is 0 Å². The lowest BCUT2D eigenvalue weighted by molar-refractivity contribution is 0.456. The molecule has 0 bridgehead atoms. The summed E-state index contributed by atoms with van der Waals surface area (Å²) in [7, 11) is 0. The first-order valence-corrected chi connectivity index (χ1v) is 8.59. The fraction of sp³-hybridized carbons (Fsp3) is 0.353. The Hall–Kier alpha value is -1.68. The Balaban J connectivity index is 1.66. The van der Waals surface area contributed by atoms with Crippen molar-refractivity contribution in [2.75, 3.05) is 31.1 Å². The van der Waals surface area contributed by atoms with Crippen LogP contribution in [0, 0.1) is 0 Å². The van der Waals surface area contributed by atoms with E-state index < -0.39 is 0 Å². The largest absolute Gasteiger partial charge is 0.370 e. The molecule has 2 aromatic rings. The molecule has 0 aliphatic carbocycles. The summed E-state index contributed by atoms with van der Waals surface area (Å²) in [5.74, 6) is 3.01. The molecule has 1 aliphatic rings. The molecule has 1 aliphatic heterocycles. The van der Waals surface area contributed by atoms with Gasteiger partial charge < -0.3 is 10.6 Å². The van der Waals surface area contributed by atoms with Crippen LogP contribution < -0.4 is 5.73 Å². The number of hydrogen-bond acceptors (Lipinski definition) is 2. The highest BCUT2D eigenvalue weighted by atomic mass is 32.2. The van der Waals surface area contributed by atoms with Crippen LogP contribution >= 0.6 is 11.8 Å². The minimum absolute atomic E-state index is 0.704. The van der Waals surface area contributed by atoms with Gasteiger partial charge in [-0.15, -0.1) is 0 Å². The molecular weight excluding hydrogens is 278 g/mol. The van der Waals surface area contributed by atoms with Crippen molar-refractivity contribution >= 4 is 28.5 Å². The predicted octanol–water partition coefficient (Wildman–Crippen LogP) is 2.75. The standard InChI is InChI=1S/C17H21N3S/c18-17(20-10-12-21-13-11-20)19-9-8-15-6-3-5-14-4-1-2-7-16(14)15/h1-7H,8-13H2,(H2,18,19). The van der Waals surface area contributed by atoms with Crippen molar-refractivity contribution in [3.63, 3.8) is 0 Å². The van der Waals surface area contributed by atoms with Gasteiger partial charge in [0, 0.05) is 31.1 Å². The molecule has 0 radical (unpaired) electrons. The van der Waals surface area contributed by atoms with Gasteiger partial charge in [-0.3, -0.25) is 4.99 Å². The van der Waals surface area contributed by atoms with Gasteiger partial charge in [0.2, 0.25) is 0 Å². The molecule has 3 rings (SSSR count). The quantitative estimate of drug-likeness (QED) is 0.700. The number of benzene rings is 2. The van der Waals surface area contributed by atoms with Gasteiger partial charge in [0.05, 0.1) is 0 Å². The lowest BCUT2D eigenvalue weighted by Crippen LogP contribution is -2.42. The van der Waals surface area contributed by atoms with E-state index in [0.717, 1.165) is 37.6 Å². The van der Waals surface area contributed by atoms with Gasteiger partial charge in [-0.2, -0.15) is 11.8 Å². The Morgan fingerprint density at radius 3 is 2.71 bits per heavy atom. The van der Waals surface area contributed by atoms with E-state index >= 15 is 0 Å². The molecule has 1 heterocycles. The van der Waals surface area contributed by atoms with Crippen LogP contribution in [-0.2, 0) is 6.42 Å². The van der Waals surface area contributed by atoms with Gasteiger partial charge in [-0.1, -0.05) is 42.5 Å². The topological polar surface area (TPSA) is 41.6 Å². The number of nitrogens with zero attached hydrogens (tertiary/aromatic N) is 2. The summed E-state index contributed by atoms with van der Waals surface area (Å²) in [6.45, 7) is 2.80. The average Bonchev–Trinajstić information content (AvgIpc) is 2.56. The number of fused-ring (bicyclic) bond motifs is 1. The highest BCUT2D eigenvalue weighted by Gasteiger charge is 2.11. The maximum Gasteiger partial charge on any atom is 0.191 e. The molecule has 0 spiro atoms. The minimum Gasteiger partial charge on any atom is -0.370 e. The number of hydrogen-bond donors (Lipinski definition) is 1. The highest BCUT2D eigenvalue weighted by Crippen LogP contribution is 2.18. The fourth-order valence-corrected chi connectivity index (χ4v) is 3.60. The molecule has 2 N–H and O–H groups in total. The van der Waals surface area contributed by atoms with Gasteiger partial charge in [-0.05, 0) is 22.8 Å². The zero-order valence-corrected chi connectivity index (χ0v) is 13.0. The van der Waals surface area contributed by atoms with E-state index in [1.54, 1.807) is 0 Å². The van der Waals surface area contributed by atoms with Gasteiger partial charge in [-0.25, -0.2) is 0 Å². The Kier molecular flexibility index (Phi) is 4.65. The van der Waals surface area contributed by atoms with Crippen molar-refractivity contribution in [3.8, 4) is 0 Å². The van der Waals surface area contributed by atoms with Crippen LogP contribution in [0.4, 0.5) is 0 Å². The van der Waals surface area contributed by atoms with Crippen LogP contribution in [0.3, 0.4) is 0 Å². The van der Waals surface area contributed by atoms with Crippen LogP contribution in [0.5, 0.6) is 0 Å². The Labute approximate surface area is 130 Å². The Morgan fingerprint density at radius 1 is 1.10 bits per heavy atom. The third-order valence-electron chi connectivity index (χ3n) is 3.87. The maximum absolute atomic E-state index is 6.09. The summed E-state index contributed by atoms with van der Waals surface area (Å²) in [6, 6.07) is 15.0. The van der Waals surface area contributed by atoms with E-state index in [1.807, 2.05) is 11.8 Å². The normalized spacial score (nSPS) is 16.4.